The number of carbonyl (C=O) groups is 1. The third-order valence-corrected chi connectivity index (χ3v) is 3.01. The van der Waals surface area contributed by atoms with E-state index in [1.165, 1.54) is 10.8 Å². The van der Waals surface area contributed by atoms with Gasteiger partial charge in [-0.25, -0.2) is 9.78 Å². The summed E-state index contributed by atoms with van der Waals surface area (Å²) in [4.78, 5) is 27.5. The Hall–Kier alpha value is -2.95. The van der Waals surface area contributed by atoms with Crippen molar-refractivity contribution in [1.82, 2.24) is 9.55 Å². The summed E-state index contributed by atoms with van der Waals surface area (Å²) in [6.45, 7) is 0. The van der Waals surface area contributed by atoms with Gasteiger partial charge in [-0.1, -0.05) is 18.2 Å². The number of pyridine rings is 2. The minimum atomic E-state index is -1.17. The smallest absolute Gasteiger partial charge is 0.353 e. The molecule has 0 spiro atoms. The highest BCUT2D eigenvalue weighted by Gasteiger charge is 2.16. The second-order valence-electron chi connectivity index (χ2n) is 4.24. The van der Waals surface area contributed by atoms with E-state index >= 15 is 0 Å². The van der Waals surface area contributed by atoms with Crippen LogP contribution >= 0.6 is 0 Å². The van der Waals surface area contributed by atoms with Gasteiger partial charge in [0.25, 0.3) is 0 Å². The van der Waals surface area contributed by atoms with E-state index in [0.29, 0.717) is 16.7 Å². The van der Waals surface area contributed by atoms with Crippen LogP contribution in [0.1, 0.15) is 10.5 Å². The molecule has 0 fully saturated rings. The highest BCUT2D eigenvalue weighted by atomic mass is 16.4. The zero-order valence-electron chi connectivity index (χ0n) is 10.4. The van der Waals surface area contributed by atoms with Crippen molar-refractivity contribution in [1.29, 1.82) is 0 Å². The standard InChI is InChI=1S/C15H10N2O3/c18-13-9-12(15(19)20)17(10-5-2-1-3-6-10)14-11(13)7-4-8-16-14/h1-9H,(H,19,20). The van der Waals surface area contributed by atoms with Gasteiger partial charge in [-0.3, -0.25) is 9.36 Å². The van der Waals surface area contributed by atoms with E-state index in [1.54, 1.807) is 36.4 Å². The van der Waals surface area contributed by atoms with Crippen molar-refractivity contribution < 1.29 is 9.90 Å². The third-order valence-electron chi connectivity index (χ3n) is 3.01. The van der Waals surface area contributed by atoms with Crippen LogP contribution in [-0.4, -0.2) is 20.6 Å². The van der Waals surface area contributed by atoms with Crippen LogP contribution in [0.3, 0.4) is 0 Å². The van der Waals surface area contributed by atoms with Crippen molar-refractivity contribution in [2.75, 3.05) is 0 Å². The first-order valence-corrected chi connectivity index (χ1v) is 5.98. The van der Waals surface area contributed by atoms with Crippen molar-refractivity contribution in [3.63, 3.8) is 0 Å². The van der Waals surface area contributed by atoms with Crippen LogP contribution in [0.5, 0.6) is 0 Å². The summed E-state index contributed by atoms with van der Waals surface area (Å²) < 4.78 is 1.47. The molecule has 2 aromatic heterocycles. The lowest BCUT2D eigenvalue weighted by Gasteiger charge is -2.13. The molecule has 1 N–H and O–H groups in total. The summed E-state index contributed by atoms with van der Waals surface area (Å²) in [5.74, 6) is -1.17. The number of rotatable bonds is 2. The molecule has 98 valence electrons. The molecule has 0 aliphatic carbocycles. The summed E-state index contributed by atoms with van der Waals surface area (Å²) in [6.07, 6.45) is 1.53. The molecule has 0 aliphatic heterocycles. The number of nitrogens with zero attached hydrogens (tertiary/aromatic N) is 2. The molecular weight excluding hydrogens is 256 g/mol. The number of fused-ring (bicyclic) bond motifs is 1. The van der Waals surface area contributed by atoms with Crippen molar-refractivity contribution in [2.45, 2.75) is 0 Å². The molecule has 20 heavy (non-hydrogen) atoms. The molecule has 0 unspecified atom stereocenters. The monoisotopic (exact) mass is 266 g/mol. The molecule has 5 heteroatoms. The first-order chi connectivity index (χ1) is 9.68. The SMILES string of the molecule is O=C(O)c1cc(=O)c2cccnc2n1-c1ccccc1. The predicted molar refractivity (Wildman–Crippen MR) is 74.3 cm³/mol. The van der Waals surface area contributed by atoms with E-state index in [1.807, 2.05) is 6.07 Å². The Morgan fingerprint density at radius 1 is 1.10 bits per heavy atom. The molecule has 0 atom stereocenters. The first kappa shape index (κ1) is 12.1. The minimum Gasteiger partial charge on any atom is -0.477 e. The topological polar surface area (TPSA) is 72.2 Å². The lowest BCUT2D eigenvalue weighted by Crippen LogP contribution is -2.17. The Morgan fingerprint density at radius 2 is 1.85 bits per heavy atom. The fraction of sp³-hybridized carbons (Fsp3) is 0. The Balaban J connectivity index is 2.50. The summed E-state index contributed by atoms with van der Waals surface area (Å²) in [5.41, 5.74) is 0.530. The Kier molecular flexibility index (Phi) is 2.80. The lowest BCUT2D eigenvalue weighted by atomic mass is 10.2. The molecule has 0 aliphatic rings. The van der Waals surface area contributed by atoms with Gasteiger partial charge in [0.05, 0.1) is 5.39 Å². The molecule has 0 bridgehead atoms. The van der Waals surface area contributed by atoms with E-state index < -0.39 is 5.97 Å². The molecule has 0 saturated carbocycles. The number of carboxylic acids is 1. The number of hydrogen-bond donors (Lipinski definition) is 1. The maximum absolute atomic E-state index is 12.0. The van der Waals surface area contributed by atoms with E-state index in [0.717, 1.165) is 6.07 Å². The summed E-state index contributed by atoms with van der Waals surface area (Å²) in [5, 5.41) is 9.71. The van der Waals surface area contributed by atoms with Crippen LogP contribution < -0.4 is 5.43 Å². The minimum absolute atomic E-state index is 0.104. The fourth-order valence-electron chi connectivity index (χ4n) is 2.14. The molecule has 0 radical (unpaired) electrons. The van der Waals surface area contributed by atoms with Crippen LogP contribution in [-0.2, 0) is 0 Å². The van der Waals surface area contributed by atoms with Crippen LogP contribution in [0.15, 0.2) is 59.5 Å². The van der Waals surface area contributed by atoms with Crippen molar-refractivity contribution in [3.05, 3.63) is 70.6 Å². The first-order valence-electron chi connectivity index (χ1n) is 5.98. The molecular formula is C15H10N2O3. The predicted octanol–water partition coefficient (Wildman–Crippen LogP) is 2.08. The average Bonchev–Trinajstić information content (AvgIpc) is 2.48. The van der Waals surface area contributed by atoms with E-state index in [9.17, 15) is 14.7 Å². The summed E-state index contributed by atoms with van der Waals surface area (Å²) in [6, 6.07) is 13.4. The number of para-hydroxylation sites is 1. The van der Waals surface area contributed by atoms with Crippen LogP contribution in [0.2, 0.25) is 0 Å². The number of aromatic nitrogens is 2. The second kappa shape index (κ2) is 4.62. The highest BCUT2D eigenvalue weighted by molar-refractivity contribution is 5.90. The molecule has 2 heterocycles. The van der Waals surface area contributed by atoms with Gasteiger partial charge in [-0.2, -0.15) is 0 Å². The molecule has 0 saturated heterocycles. The van der Waals surface area contributed by atoms with Gasteiger partial charge in [0, 0.05) is 18.0 Å². The van der Waals surface area contributed by atoms with Gasteiger partial charge >= 0.3 is 5.97 Å². The van der Waals surface area contributed by atoms with Crippen molar-refractivity contribution in [2.24, 2.45) is 0 Å². The zero-order chi connectivity index (χ0) is 14.1. The van der Waals surface area contributed by atoms with Gasteiger partial charge in [0.2, 0.25) is 0 Å². The quantitative estimate of drug-likeness (QED) is 0.770. The van der Waals surface area contributed by atoms with Gasteiger partial charge < -0.3 is 5.11 Å². The molecule has 1 aromatic carbocycles. The average molecular weight is 266 g/mol. The van der Waals surface area contributed by atoms with Gasteiger partial charge in [0.15, 0.2) is 5.43 Å². The largest absolute Gasteiger partial charge is 0.477 e. The Labute approximate surface area is 113 Å². The maximum atomic E-state index is 12.0. The Morgan fingerprint density at radius 3 is 2.55 bits per heavy atom. The molecule has 3 rings (SSSR count). The lowest BCUT2D eigenvalue weighted by molar-refractivity contribution is 0.0687. The van der Waals surface area contributed by atoms with Gasteiger partial charge in [0.1, 0.15) is 11.3 Å². The van der Waals surface area contributed by atoms with Gasteiger partial charge in [-0.15, -0.1) is 0 Å². The Bertz CT molecular complexity index is 854. The number of aromatic carboxylic acids is 1. The summed E-state index contributed by atoms with van der Waals surface area (Å²) >= 11 is 0. The third kappa shape index (κ3) is 1.85. The fourth-order valence-corrected chi connectivity index (χ4v) is 2.14. The van der Waals surface area contributed by atoms with Crippen molar-refractivity contribution >= 4 is 17.0 Å². The van der Waals surface area contributed by atoms with E-state index in [2.05, 4.69) is 4.98 Å². The van der Waals surface area contributed by atoms with E-state index in [4.69, 9.17) is 0 Å². The van der Waals surface area contributed by atoms with Crippen molar-refractivity contribution in [3.8, 4) is 5.69 Å². The normalized spacial score (nSPS) is 10.6. The second-order valence-corrected chi connectivity index (χ2v) is 4.24. The van der Waals surface area contributed by atoms with E-state index in [-0.39, 0.29) is 11.1 Å². The highest BCUT2D eigenvalue weighted by Crippen LogP contribution is 2.17. The number of benzene rings is 1. The number of hydrogen-bond acceptors (Lipinski definition) is 3. The van der Waals surface area contributed by atoms with Crippen LogP contribution in [0, 0.1) is 0 Å². The number of carboxylic acid groups (broad SMARTS) is 1. The molecule has 0 amide bonds. The molecule has 3 aromatic rings. The van der Waals surface area contributed by atoms with Crippen LogP contribution in [0.25, 0.3) is 16.7 Å². The van der Waals surface area contributed by atoms with Crippen LogP contribution in [0.4, 0.5) is 0 Å². The zero-order valence-corrected chi connectivity index (χ0v) is 10.4. The maximum Gasteiger partial charge on any atom is 0.353 e. The van der Waals surface area contributed by atoms with Gasteiger partial charge in [-0.05, 0) is 24.3 Å². The summed E-state index contributed by atoms with van der Waals surface area (Å²) in [7, 11) is 0. The molecule has 5 nitrogen and oxygen atoms in total.